The van der Waals surface area contributed by atoms with E-state index in [1.54, 1.807) is 0 Å². The van der Waals surface area contributed by atoms with E-state index in [0.29, 0.717) is 12.5 Å². The molecule has 1 unspecified atom stereocenters. The number of benzene rings is 1. The third-order valence-electron chi connectivity index (χ3n) is 4.71. The van der Waals surface area contributed by atoms with Crippen LogP contribution in [0.5, 0.6) is 0 Å². The van der Waals surface area contributed by atoms with Crippen molar-refractivity contribution in [1.82, 2.24) is 10.3 Å². The fourth-order valence-corrected chi connectivity index (χ4v) is 4.34. The van der Waals surface area contributed by atoms with Crippen LogP contribution in [0.25, 0.3) is 10.2 Å². The van der Waals surface area contributed by atoms with Crippen LogP contribution in [-0.2, 0) is 4.79 Å². The summed E-state index contributed by atoms with van der Waals surface area (Å²) >= 11 is 1.81. The predicted octanol–water partition coefficient (Wildman–Crippen LogP) is 1.97. The maximum absolute atomic E-state index is 12.1. The number of piperidine rings is 1. The van der Waals surface area contributed by atoms with Crippen molar-refractivity contribution < 1.29 is 9.69 Å². The van der Waals surface area contributed by atoms with Crippen molar-refractivity contribution in [2.45, 2.75) is 45.1 Å². The van der Waals surface area contributed by atoms with Crippen molar-refractivity contribution in [3.05, 3.63) is 29.3 Å². The fraction of sp³-hybridized carbons (Fsp3) is 0.556. The summed E-state index contributed by atoms with van der Waals surface area (Å²) in [5, 5.41) is 4.32. The Bertz CT molecular complexity index is 636. The van der Waals surface area contributed by atoms with Crippen molar-refractivity contribution in [2.75, 3.05) is 19.6 Å². The number of aromatic nitrogens is 1. The highest BCUT2D eigenvalue weighted by atomic mass is 32.1. The maximum atomic E-state index is 12.1. The lowest BCUT2D eigenvalue weighted by Gasteiger charge is -2.28. The second kappa shape index (κ2) is 7.41. The maximum Gasteiger partial charge on any atom is 0.275 e. The van der Waals surface area contributed by atoms with Gasteiger partial charge in [-0.05, 0) is 38.3 Å². The van der Waals surface area contributed by atoms with Gasteiger partial charge in [0.25, 0.3) is 5.91 Å². The van der Waals surface area contributed by atoms with Crippen molar-refractivity contribution in [2.24, 2.45) is 0 Å². The van der Waals surface area contributed by atoms with Crippen LogP contribution in [0.1, 0.15) is 44.0 Å². The molecule has 1 aromatic carbocycles. The number of carbonyl (C=O) groups is 1. The molecule has 124 valence electrons. The fourth-order valence-electron chi connectivity index (χ4n) is 3.24. The van der Waals surface area contributed by atoms with E-state index in [9.17, 15) is 4.79 Å². The van der Waals surface area contributed by atoms with Gasteiger partial charge in [0.15, 0.2) is 6.54 Å². The minimum atomic E-state index is 0.180. The molecular weight excluding hydrogens is 306 g/mol. The number of hydrogen-bond donors (Lipinski definition) is 2. The van der Waals surface area contributed by atoms with Crippen LogP contribution in [0.2, 0.25) is 0 Å². The van der Waals surface area contributed by atoms with Gasteiger partial charge in [-0.25, -0.2) is 4.98 Å². The molecule has 0 saturated carbocycles. The molecule has 3 rings (SSSR count). The van der Waals surface area contributed by atoms with Gasteiger partial charge in [-0.1, -0.05) is 19.1 Å². The molecule has 23 heavy (non-hydrogen) atoms. The van der Waals surface area contributed by atoms with Gasteiger partial charge in [0, 0.05) is 6.04 Å². The molecule has 1 amide bonds. The lowest BCUT2D eigenvalue weighted by Crippen LogP contribution is -3.14. The van der Waals surface area contributed by atoms with Crippen LogP contribution in [0, 0.1) is 0 Å². The highest BCUT2D eigenvalue weighted by molar-refractivity contribution is 7.18. The first-order valence-corrected chi connectivity index (χ1v) is 9.45. The summed E-state index contributed by atoms with van der Waals surface area (Å²) in [6, 6.07) is 8.61. The largest absolute Gasteiger partial charge is 0.349 e. The Morgan fingerprint density at radius 3 is 3.09 bits per heavy atom. The molecule has 2 heterocycles. The number of fused-ring (bicyclic) bond motifs is 1. The van der Waals surface area contributed by atoms with Gasteiger partial charge in [-0.15, -0.1) is 11.3 Å². The molecule has 2 N–H and O–H groups in total. The molecule has 1 aliphatic heterocycles. The molecule has 0 bridgehead atoms. The summed E-state index contributed by atoms with van der Waals surface area (Å²) in [5.41, 5.74) is 1.11. The third-order valence-corrected chi connectivity index (χ3v) is 5.91. The zero-order chi connectivity index (χ0) is 16.2. The quantitative estimate of drug-likeness (QED) is 0.879. The van der Waals surface area contributed by atoms with E-state index in [0.717, 1.165) is 25.0 Å². The summed E-state index contributed by atoms with van der Waals surface area (Å²) in [4.78, 5) is 18.3. The molecule has 1 saturated heterocycles. The number of likely N-dealkylation sites (tertiary alicyclic amines) is 1. The van der Waals surface area contributed by atoms with E-state index in [2.05, 4.69) is 37.4 Å². The predicted molar refractivity (Wildman–Crippen MR) is 95.1 cm³/mol. The van der Waals surface area contributed by atoms with E-state index < -0.39 is 0 Å². The van der Waals surface area contributed by atoms with Gasteiger partial charge < -0.3 is 10.2 Å². The zero-order valence-corrected chi connectivity index (χ0v) is 14.8. The van der Waals surface area contributed by atoms with Crippen molar-refractivity contribution in [3.63, 3.8) is 0 Å². The third kappa shape index (κ3) is 4.09. The molecule has 1 aromatic heterocycles. The number of para-hydroxylation sites is 1. The zero-order valence-electron chi connectivity index (χ0n) is 14.0. The number of hydrogen-bond acceptors (Lipinski definition) is 3. The Morgan fingerprint density at radius 1 is 1.48 bits per heavy atom. The number of nitrogens with one attached hydrogen (secondary N) is 2. The molecule has 5 heteroatoms. The minimum Gasteiger partial charge on any atom is -0.349 e. The molecule has 4 nitrogen and oxygen atoms in total. The first-order valence-electron chi connectivity index (χ1n) is 8.64. The second-order valence-corrected chi connectivity index (χ2v) is 7.68. The smallest absolute Gasteiger partial charge is 0.275 e. The number of amides is 1. The first kappa shape index (κ1) is 16.4. The van der Waals surface area contributed by atoms with Gasteiger partial charge in [-0.2, -0.15) is 0 Å². The molecular formula is C18H26N3OS+. The average molecular weight is 332 g/mol. The Morgan fingerprint density at radius 2 is 2.30 bits per heavy atom. The summed E-state index contributed by atoms with van der Waals surface area (Å²) in [6.45, 7) is 6.87. The molecule has 1 aliphatic rings. The monoisotopic (exact) mass is 332 g/mol. The normalized spacial score (nSPS) is 22.9. The van der Waals surface area contributed by atoms with E-state index in [4.69, 9.17) is 4.98 Å². The average Bonchev–Trinajstić information content (AvgIpc) is 2.99. The van der Waals surface area contributed by atoms with E-state index in [-0.39, 0.29) is 11.9 Å². The Kier molecular flexibility index (Phi) is 5.28. The first-order chi connectivity index (χ1) is 11.2. The molecule has 1 fully saturated rings. The summed E-state index contributed by atoms with van der Waals surface area (Å²) in [7, 11) is 0. The molecule has 3 atom stereocenters. The van der Waals surface area contributed by atoms with Crippen LogP contribution in [0.15, 0.2) is 24.3 Å². The molecule has 2 aromatic rings. The van der Waals surface area contributed by atoms with E-state index >= 15 is 0 Å². The van der Waals surface area contributed by atoms with Crippen molar-refractivity contribution >= 4 is 27.5 Å². The van der Waals surface area contributed by atoms with Crippen LogP contribution in [0.4, 0.5) is 0 Å². The lowest BCUT2D eigenvalue weighted by atomic mass is 9.99. The number of quaternary nitrogens is 1. The van der Waals surface area contributed by atoms with E-state index in [1.807, 2.05) is 17.4 Å². The standard InChI is InChI=1S/C18H25N3OS/c1-3-13(2)19-17(22)12-21-10-6-7-14(11-21)18-20-15-8-4-5-9-16(15)23-18/h4-5,8-9,13-14H,3,6-7,10-12H2,1-2H3,(H,19,22)/p+1/t13-,14+/m1/s1. The Hall–Kier alpha value is -1.46. The summed E-state index contributed by atoms with van der Waals surface area (Å²) in [5.74, 6) is 0.673. The van der Waals surface area contributed by atoms with Gasteiger partial charge in [0.1, 0.15) is 5.01 Å². The molecule has 0 spiro atoms. The van der Waals surface area contributed by atoms with Gasteiger partial charge in [0.05, 0.1) is 29.2 Å². The second-order valence-electron chi connectivity index (χ2n) is 6.62. The van der Waals surface area contributed by atoms with Crippen molar-refractivity contribution in [1.29, 1.82) is 0 Å². The minimum absolute atomic E-state index is 0.180. The van der Waals surface area contributed by atoms with Crippen LogP contribution >= 0.6 is 11.3 Å². The Labute approximate surface area is 141 Å². The number of thiazole rings is 1. The number of nitrogens with zero attached hydrogens (tertiary/aromatic N) is 1. The van der Waals surface area contributed by atoms with E-state index in [1.165, 1.54) is 27.4 Å². The highest BCUT2D eigenvalue weighted by Crippen LogP contribution is 2.30. The summed E-state index contributed by atoms with van der Waals surface area (Å²) in [6.07, 6.45) is 3.35. The van der Waals surface area contributed by atoms with Gasteiger partial charge in [0.2, 0.25) is 0 Å². The number of rotatable bonds is 5. The van der Waals surface area contributed by atoms with Gasteiger partial charge >= 0.3 is 0 Å². The van der Waals surface area contributed by atoms with Crippen LogP contribution in [0.3, 0.4) is 0 Å². The van der Waals surface area contributed by atoms with Crippen LogP contribution in [-0.4, -0.2) is 36.6 Å². The summed E-state index contributed by atoms with van der Waals surface area (Å²) < 4.78 is 1.27. The van der Waals surface area contributed by atoms with Crippen LogP contribution < -0.4 is 10.2 Å². The SMILES string of the molecule is CC[C@@H](C)NC(=O)C[NH+]1CCC[C@H](c2nc3ccccc3s2)C1. The molecule has 0 radical (unpaired) electrons. The lowest BCUT2D eigenvalue weighted by molar-refractivity contribution is -0.898. The topological polar surface area (TPSA) is 46.4 Å². The van der Waals surface area contributed by atoms with Crippen molar-refractivity contribution in [3.8, 4) is 0 Å². The van der Waals surface area contributed by atoms with Gasteiger partial charge in [-0.3, -0.25) is 4.79 Å². The molecule has 0 aliphatic carbocycles. The Balaban J connectivity index is 1.62. The highest BCUT2D eigenvalue weighted by Gasteiger charge is 2.28. The number of carbonyl (C=O) groups excluding carboxylic acids is 1.